The molecule has 6 rings (SSSR count). The molecular weight excluding hydrogens is 536 g/mol. The number of hydrogen-bond acceptors (Lipinski definition) is 4. The smallest absolute Gasteiger partial charge is 0.0935 e. The molecule has 0 N–H and O–H groups in total. The molecule has 0 saturated carbocycles. The molecule has 6 aromatic rings. The van der Waals surface area contributed by atoms with Crippen LogP contribution in [0.25, 0.3) is 44.1 Å². The lowest BCUT2D eigenvalue weighted by Crippen LogP contribution is -2.27. The van der Waals surface area contributed by atoms with Gasteiger partial charge in [0.2, 0.25) is 0 Å². The largest absolute Gasteiger partial charge is 0.244 e. The fourth-order valence-electron chi connectivity index (χ4n) is 5.59. The minimum absolute atomic E-state index is 0.0779. The third-order valence-electron chi connectivity index (χ3n) is 8.60. The van der Waals surface area contributed by atoms with Gasteiger partial charge in [-0.2, -0.15) is 0 Å². The highest BCUT2D eigenvalue weighted by Crippen LogP contribution is 2.43. The monoisotopic (exact) mass is 588 g/mol. The number of aryl methyl sites for hydroxylation is 2. The molecule has 0 unspecified atom stereocenters. The second-order valence-electron chi connectivity index (χ2n) is 11.7. The van der Waals surface area contributed by atoms with E-state index in [-0.39, 0.29) is 10.8 Å². The Labute approximate surface area is 265 Å². The first kappa shape index (κ1) is 34.6. The van der Waals surface area contributed by atoms with Crippen LogP contribution >= 0.6 is 0 Å². The molecule has 4 heteroatoms. The molecule has 0 saturated heterocycles. The maximum atomic E-state index is 5.17. The molecule has 0 aliphatic carbocycles. The Kier molecular flexibility index (Phi) is 11.2. The zero-order valence-electron chi connectivity index (χ0n) is 29.3. The molecule has 4 nitrogen and oxygen atoms in total. The first-order valence-corrected chi connectivity index (χ1v) is 16.5. The average molecular weight is 589 g/mol. The summed E-state index contributed by atoms with van der Waals surface area (Å²) in [6, 6.07) is 23.3. The van der Waals surface area contributed by atoms with E-state index in [9.17, 15) is 0 Å². The average Bonchev–Trinajstić information content (AvgIpc) is 3.06. The number of nitrogens with zero attached hydrogens (tertiary/aromatic N) is 4. The van der Waals surface area contributed by atoms with E-state index in [1.807, 2.05) is 59.7 Å². The van der Waals surface area contributed by atoms with Crippen LogP contribution in [0, 0.1) is 13.8 Å². The van der Waals surface area contributed by atoms with Crippen molar-refractivity contribution in [1.82, 2.24) is 19.9 Å². The Balaban J connectivity index is 0.000000832. The van der Waals surface area contributed by atoms with Crippen molar-refractivity contribution in [2.75, 3.05) is 0 Å². The van der Waals surface area contributed by atoms with Crippen LogP contribution in [0.3, 0.4) is 0 Å². The SMILES string of the molecule is CC.CC.CC.CCC(C)(C)c1c(C(C)(C)c2ccc3nc4c(C)c(C)ccc4nc3c2)ccc2nc3ccccc3nc12. The Bertz CT molecular complexity index is 1880. The zero-order chi connectivity index (χ0) is 32.8. The van der Waals surface area contributed by atoms with E-state index in [1.54, 1.807) is 0 Å². The molecule has 0 bridgehead atoms. The van der Waals surface area contributed by atoms with Crippen LogP contribution in [0.15, 0.2) is 66.7 Å². The van der Waals surface area contributed by atoms with Crippen molar-refractivity contribution >= 4 is 44.1 Å². The molecule has 0 aliphatic heterocycles. The fourth-order valence-corrected chi connectivity index (χ4v) is 5.59. The Morgan fingerprint density at radius 3 is 1.68 bits per heavy atom. The van der Waals surface area contributed by atoms with Crippen molar-refractivity contribution in [3.8, 4) is 0 Å². The van der Waals surface area contributed by atoms with Gasteiger partial charge in [-0.25, -0.2) is 19.9 Å². The van der Waals surface area contributed by atoms with E-state index in [4.69, 9.17) is 19.9 Å². The van der Waals surface area contributed by atoms with Crippen molar-refractivity contribution in [3.63, 3.8) is 0 Å². The van der Waals surface area contributed by atoms with E-state index in [0.717, 1.165) is 50.6 Å². The number of rotatable bonds is 4. The van der Waals surface area contributed by atoms with E-state index >= 15 is 0 Å². The second kappa shape index (κ2) is 14.2. The lowest BCUT2D eigenvalue weighted by Gasteiger charge is -2.35. The summed E-state index contributed by atoms with van der Waals surface area (Å²) in [5, 5.41) is 0. The Hall–Kier alpha value is -3.92. The lowest BCUT2D eigenvalue weighted by molar-refractivity contribution is 0.491. The fraction of sp³-hybridized carbons (Fsp3) is 0.400. The zero-order valence-corrected chi connectivity index (χ0v) is 29.3. The van der Waals surface area contributed by atoms with Crippen molar-refractivity contribution in [3.05, 3.63) is 94.5 Å². The van der Waals surface area contributed by atoms with Crippen molar-refractivity contribution in [1.29, 1.82) is 0 Å². The van der Waals surface area contributed by atoms with Gasteiger partial charge >= 0.3 is 0 Å². The summed E-state index contributed by atoms with van der Waals surface area (Å²) < 4.78 is 0. The summed E-state index contributed by atoms with van der Waals surface area (Å²) in [7, 11) is 0. The van der Waals surface area contributed by atoms with Gasteiger partial charge in [0.25, 0.3) is 0 Å². The molecule has 44 heavy (non-hydrogen) atoms. The number of benzene rings is 4. The minimum Gasteiger partial charge on any atom is -0.244 e. The molecule has 2 aromatic heterocycles. The Morgan fingerprint density at radius 1 is 0.545 bits per heavy atom. The number of hydrogen-bond donors (Lipinski definition) is 0. The molecule has 2 heterocycles. The van der Waals surface area contributed by atoms with Crippen molar-refractivity contribution < 1.29 is 0 Å². The third kappa shape index (κ3) is 6.31. The van der Waals surface area contributed by atoms with Gasteiger partial charge in [-0.1, -0.05) is 106 Å². The quantitative estimate of drug-likeness (QED) is 0.192. The lowest BCUT2D eigenvalue weighted by atomic mass is 9.69. The van der Waals surface area contributed by atoms with Gasteiger partial charge in [0, 0.05) is 5.41 Å². The third-order valence-corrected chi connectivity index (χ3v) is 8.60. The van der Waals surface area contributed by atoms with Gasteiger partial charge in [0.1, 0.15) is 0 Å². The Morgan fingerprint density at radius 2 is 1.05 bits per heavy atom. The van der Waals surface area contributed by atoms with Crippen molar-refractivity contribution in [2.24, 2.45) is 0 Å². The number of para-hydroxylation sites is 2. The van der Waals surface area contributed by atoms with Crippen LogP contribution < -0.4 is 0 Å². The number of fused-ring (bicyclic) bond motifs is 4. The molecule has 0 radical (unpaired) electrons. The molecule has 232 valence electrons. The molecule has 0 atom stereocenters. The normalized spacial score (nSPS) is 11.4. The topological polar surface area (TPSA) is 51.6 Å². The van der Waals surface area contributed by atoms with Gasteiger partial charge in [-0.05, 0) is 89.9 Å². The van der Waals surface area contributed by atoms with Crippen LogP contribution in [-0.2, 0) is 10.8 Å². The van der Waals surface area contributed by atoms with E-state index < -0.39 is 0 Å². The van der Waals surface area contributed by atoms with Crippen LogP contribution in [0.5, 0.6) is 0 Å². The van der Waals surface area contributed by atoms with E-state index in [2.05, 4.69) is 97.0 Å². The summed E-state index contributed by atoms with van der Waals surface area (Å²) >= 11 is 0. The summed E-state index contributed by atoms with van der Waals surface area (Å²) in [5.41, 5.74) is 13.4. The molecule has 0 aliphatic rings. The second-order valence-corrected chi connectivity index (χ2v) is 11.7. The van der Waals surface area contributed by atoms with E-state index in [0.29, 0.717) is 0 Å². The summed E-state index contributed by atoms with van der Waals surface area (Å²) in [5.74, 6) is 0. The van der Waals surface area contributed by atoms with E-state index in [1.165, 1.54) is 27.8 Å². The molecular formula is C40H52N4. The predicted molar refractivity (Wildman–Crippen MR) is 193 cm³/mol. The maximum absolute atomic E-state index is 5.17. The molecule has 0 amide bonds. The minimum atomic E-state index is -0.280. The molecule has 0 spiro atoms. The molecule has 4 aromatic carbocycles. The first-order chi connectivity index (χ1) is 21.1. The van der Waals surface area contributed by atoms with Crippen LogP contribution in [0.2, 0.25) is 0 Å². The van der Waals surface area contributed by atoms with Gasteiger partial charge in [-0.15, -0.1) is 0 Å². The standard InChI is InChI=1S/C34H34N4.3C2H6/c1-8-33(4,5)30-23(15-18-28-32(30)38-25-12-10-9-11-24(25)35-28)34(6,7)22-14-17-26-29(19-22)36-27-16-13-20(2)21(3)31(27)37-26;3*1-2/h9-19H,8H2,1-7H3;3*1-2H3. The highest BCUT2D eigenvalue weighted by atomic mass is 14.8. The number of aromatic nitrogens is 4. The van der Waals surface area contributed by atoms with Gasteiger partial charge < -0.3 is 0 Å². The predicted octanol–water partition coefficient (Wildman–Crippen LogP) is 11.6. The van der Waals surface area contributed by atoms with Crippen LogP contribution in [0.4, 0.5) is 0 Å². The van der Waals surface area contributed by atoms with Crippen molar-refractivity contribution in [2.45, 2.75) is 107 Å². The van der Waals surface area contributed by atoms with Gasteiger partial charge in [-0.3, -0.25) is 0 Å². The van der Waals surface area contributed by atoms with Gasteiger partial charge in [0.15, 0.2) is 0 Å². The summed E-state index contributed by atoms with van der Waals surface area (Å²) in [6.45, 7) is 27.8. The highest BCUT2D eigenvalue weighted by Gasteiger charge is 2.34. The van der Waals surface area contributed by atoms with Crippen LogP contribution in [-0.4, -0.2) is 19.9 Å². The molecule has 0 fully saturated rings. The highest BCUT2D eigenvalue weighted by molar-refractivity contribution is 5.91. The van der Waals surface area contributed by atoms with Crippen LogP contribution in [0.1, 0.15) is 110 Å². The summed E-state index contributed by atoms with van der Waals surface area (Å²) in [4.78, 5) is 20.2. The maximum Gasteiger partial charge on any atom is 0.0935 e. The first-order valence-electron chi connectivity index (χ1n) is 16.5. The van der Waals surface area contributed by atoms with Gasteiger partial charge in [0.05, 0.1) is 44.1 Å². The summed E-state index contributed by atoms with van der Waals surface area (Å²) in [6.07, 6.45) is 0.998.